The van der Waals surface area contributed by atoms with Gasteiger partial charge in [-0.05, 0) is 54.1 Å². The number of nitrogens with zero attached hydrogens (tertiary/aromatic N) is 1. The van der Waals surface area contributed by atoms with E-state index >= 15 is 0 Å². The fraction of sp³-hybridized carbons (Fsp3) is 0.111. The summed E-state index contributed by atoms with van der Waals surface area (Å²) in [6.07, 6.45) is 0. The lowest BCUT2D eigenvalue weighted by molar-refractivity contribution is -0.117. The number of benzene rings is 3. The minimum absolute atomic E-state index is 0.0623. The molecule has 176 valence electrons. The number of anilines is 1. The molecular formula is C27H20FNO6. The van der Waals surface area contributed by atoms with E-state index in [-0.39, 0.29) is 11.3 Å². The summed E-state index contributed by atoms with van der Waals surface area (Å²) in [4.78, 5) is 28.2. The molecule has 2 heterocycles. The van der Waals surface area contributed by atoms with Crippen molar-refractivity contribution in [2.75, 3.05) is 19.1 Å². The van der Waals surface area contributed by atoms with Crippen LogP contribution in [0.25, 0.3) is 11.0 Å². The Labute approximate surface area is 199 Å². The Bertz CT molecular complexity index is 1490. The molecule has 0 spiro atoms. The second-order valence-electron chi connectivity index (χ2n) is 7.91. The Balaban J connectivity index is 1.67. The van der Waals surface area contributed by atoms with Gasteiger partial charge in [0.25, 0.3) is 5.91 Å². The van der Waals surface area contributed by atoms with Crippen molar-refractivity contribution in [1.29, 1.82) is 0 Å². The highest BCUT2D eigenvalue weighted by Crippen LogP contribution is 2.43. The molecule has 1 amide bonds. The molecule has 0 saturated heterocycles. The number of rotatable bonds is 6. The average molecular weight is 473 g/mol. The standard InChI is InChI=1S/C27H20FNO6/c1-33-19-7-3-5-15(13-19)23-22(25(31)27(32)29(23)18-11-9-17(28)10-12-18)24(30)21-14-16-6-4-8-20(34-2)26(16)35-21/h3-14,23,31H,1-2H3. The van der Waals surface area contributed by atoms with Crippen molar-refractivity contribution in [3.8, 4) is 11.5 Å². The molecule has 1 N–H and O–H groups in total. The van der Waals surface area contributed by atoms with Gasteiger partial charge in [0.1, 0.15) is 11.6 Å². The van der Waals surface area contributed by atoms with Crippen molar-refractivity contribution in [3.63, 3.8) is 0 Å². The van der Waals surface area contributed by atoms with Gasteiger partial charge in [-0.3, -0.25) is 14.5 Å². The van der Waals surface area contributed by atoms with Gasteiger partial charge in [0.2, 0.25) is 5.78 Å². The lowest BCUT2D eigenvalue weighted by Gasteiger charge is -2.27. The van der Waals surface area contributed by atoms with Crippen molar-refractivity contribution >= 4 is 28.3 Å². The zero-order valence-corrected chi connectivity index (χ0v) is 18.8. The van der Waals surface area contributed by atoms with Gasteiger partial charge in [-0.15, -0.1) is 0 Å². The average Bonchev–Trinajstić information content (AvgIpc) is 3.43. The van der Waals surface area contributed by atoms with E-state index < -0.39 is 29.3 Å². The highest BCUT2D eigenvalue weighted by Gasteiger charge is 2.45. The third-order valence-electron chi connectivity index (χ3n) is 5.92. The number of carbonyl (C=O) groups excluding carboxylic acids is 2. The summed E-state index contributed by atoms with van der Waals surface area (Å²) in [5.41, 5.74) is 1.04. The molecule has 1 atom stereocenters. The summed E-state index contributed by atoms with van der Waals surface area (Å²) in [6, 6.07) is 17.8. The maximum atomic E-state index is 13.7. The number of ketones is 1. The SMILES string of the molecule is COc1cccc(C2C(C(=O)c3cc4cccc(OC)c4o3)=C(O)C(=O)N2c2ccc(F)cc2)c1. The molecule has 5 rings (SSSR count). The molecule has 3 aromatic carbocycles. The molecule has 4 aromatic rings. The smallest absolute Gasteiger partial charge is 0.294 e. The van der Waals surface area contributed by atoms with Gasteiger partial charge in [0.15, 0.2) is 22.9 Å². The summed E-state index contributed by atoms with van der Waals surface area (Å²) in [5, 5.41) is 11.5. The van der Waals surface area contributed by atoms with E-state index in [1.807, 2.05) is 0 Å². The fourth-order valence-corrected chi connectivity index (χ4v) is 4.27. The molecule has 0 aliphatic carbocycles. The number of amides is 1. The van der Waals surface area contributed by atoms with Crippen molar-refractivity contribution in [2.24, 2.45) is 0 Å². The largest absolute Gasteiger partial charge is 0.503 e. The maximum Gasteiger partial charge on any atom is 0.294 e. The van der Waals surface area contributed by atoms with Crippen molar-refractivity contribution in [2.45, 2.75) is 6.04 Å². The zero-order valence-electron chi connectivity index (χ0n) is 18.8. The molecule has 1 unspecified atom stereocenters. The minimum Gasteiger partial charge on any atom is -0.503 e. The maximum absolute atomic E-state index is 13.7. The number of furan rings is 1. The summed E-state index contributed by atoms with van der Waals surface area (Å²) >= 11 is 0. The topological polar surface area (TPSA) is 89.2 Å². The van der Waals surface area contributed by atoms with E-state index in [1.165, 1.54) is 49.5 Å². The second-order valence-corrected chi connectivity index (χ2v) is 7.91. The van der Waals surface area contributed by atoms with E-state index in [0.29, 0.717) is 33.7 Å². The van der Waals surface area contributed by atoms with Gasteiger partial charge in [-0.25, -0.2) is 4.39 Å². The van der Waals surface area contributed by atoms with Crippen LogP contribution in [0.5, 0.6) is 11.5 Å². The Hall–Kier alpha value is -4.59. The molecule has 8 heteroatoms. The van der Waals surface area contributed by atoms with Crippen LogP contribution in [0.15, 0.2) is 88.5 Å². The first-order chi connectivity index (χ1) is 16.9. The molecule has 0 bridgehead atoms. The van der Waals surface area contributed by atoms with Crippen LogP contribution >= 0.6 is 0 Å². The van der Waals surface area contributed by atoms with Gasteiger partial charge in [0.05, 0.1) is 25.8 Å². The fourth-order valence-electron chi connectivity index (χ4n) is 4.27. The summed E-state index contributed by atoms with van der Waals surface area (Å²) in [5.74, 6) is -1.76. The number of fused-ring (bicyclic) bond motifs is 1. The number of hydrogen-bond donors (Lipinski definition) is 1. The van der Waals surface area contributed by atoms with E-state index in [0.717, 1.165) is 0 Å². The van der Waals surface area contributed by atoms with Gasteiger partial charge >= 0.3 is 0 Å². The van der Waals surface area contributed by atoms with Crippen LogP contribution in [-0.2, 0) is 4.79 Å². The van der Waals surface area contributed by atoms with Gasteiger partial charge in [0, 0.05) is 11.1 Å². The lowest BCUT2D eigenvalue weighted by Crippen LogP contribution is -2.31. The third kappa shape index (κ3) is 3.69. The normalized spacial score (nSPS) is 15.7. The molecule has 7 nitrogen and oxygen atoms in total. The van der Waals surface area contributed by atoms with Crippen LogP contribution in [0.3, 0.4) is 0 Å². The number of methoxy groups -OCH3 is 2. The monoisotopic (exact) mass is 473 g/mol. The number of aliphatic hydroxyl groups excluding tert-OH is 1. The number of carbonyl (C=O) groups is 2. The van der Waals surface area contributed by atoms with Gasteiger partial charge in [-0.1, -0.05) is 24.3 Å². The number of ether oxygens (including phenoxy) is 2. The van der Waals surface area contributed by atoms with E-state index in [9.17, 15) is 19.1 Å². The zero-order chi connectivity index (χ0) is 24.7. The van der Waals surface area contributed by atoms with Crippen LogP contribution in [0, 0.1) is 5.82 Å². The Morgan fingerprint density at radius 3 is 2.46 bits per heavy atom. The Morgan fingerprint density at radius 1 is 1.00 bits per heavy atom. The molecule has 0 fully saturated rings. The number of Topliss-reactive ketones (excluding diaryl/α,β-unsaturated/α-hetero) is 1. The first kappa shape index (κ1) is 22.2. The predicted molar refractivity (Wildman–Crippen MR) is 126 cm³/mol. The number of halogens is 1. The number of para-hydroxylation sites is 1. The van der Waals surface area contributed by atoms with Crippen LogP contribution in [0.2, 0.25) is 0 Å². The predicted octanol–water partition coefficient (Wildman–Crippen LogP) is 5.37. The van der Waals surface area contributed by atoms with Crippen LogP contribution in [0.1, 0.15) is 22.2 Å². The summed E-state index contributed by atoms with van der Waals surface area (Å²) in [7, 11) is 2.99. The Kier molecular flexibility index (Phi) is 5.49. The number of aliphatic hydroxyl groups is 1. The van der Waals surface area contributed by atoms with E-state index in [1.54, 1.807) is 42.5 Å². The van der Waals surface area contributed by atoms with E-state index in [2.05, 4.69) is 0 Å². The highest BCUT2D eigenvalue weighted by molar-refractivity contribution is 6.20. The van der Waals surface area contributed by atoms with Gasteiger partial charge in [-0.2, -0.15) is 0 Å². The first-order valence-electron chi connectivity index (χ1n) is 10.7. The van der Waals surface area contributed by atoms with Crippen LogP contribution < -0.4 is 14.4 Å². The molecule has 1 aromatic heterocycles. The molecular weight excluding hydrogens is 453 g/mol. The summed E-state index contributed by atoms with van der Waals surface area (Å²) in [6.45, 7) is 0. The molecule has 35 heavy (non-hydrogen) atoms. The summed E-state index contributed by atoms with van der Waals surface area (Å²) < 4.78 is 30.0. The molecule has 1 aliphatic rings. The quantitative estimate of drug-likeness (QED) is 0.379. The number of hydrogen-bond acceptors (Lipinski definition) is 6. The Morgan fingerprint density at radius 2 is 1.74 bits per heavy atom. The van der Waals surface area contributed by atoms with E-state index in [4.69, 9.17) is 13.9 Å². The van der Waals surface area contributed by atoms with Crippen molar-refractivity contribution in [3.05, 3.63) is 101 Å². The first-order valence-corrected chi connectivity index (χ1v) is 10.7. The second kappa shape index (κ2) is 8.64. The third-order valence-corrected chi connectivity index (χ3v) is 5.92. The molecule has 0 saturated carbocycles. The molecule has 0 radical (unpaired) electrons. The van der Waals surface area contributed by atoms with Crippen molar-refractivity contribution < 1.29 is 33.0 Å². The van der Waals surface area contributed by atoms with Gasteiger partial charge < -0.3 is 19.0 Å². The molecule has 1 aliphatic heterocycles. The van der Waals surface area contributed by atoms with Crippen LogP contribution in [-0.4, -0.2) is 31.0 Å². The highest BCUT2D eigenvalue weighted by atomic mass is 19.1. The van der Waals surface area contributed by atoms with Crippen molar-refractivity contribution in [1.82, 2.24) is 0 Å². The van der Waals surface area contributed by atoms with Crippen LogP contribution in [0.4, 0.5) is 10.1 Å². The minimum atomic E-state index is -1.01. The lowest BCUT2D eigenvalue weighted by atomic mass is 9.94.